The smallest absolute Gasteiger partial charge is 0.0620 e. The minimum Gasteiger partial charge on any atom is -0.310 e. The van der Waals surface area contributed by atoms with Gasteiger partial charge in [-0.05, 0) is 254 Å². The van der Waals surface area contributed by atoms with Crippen LogP contribution in [0.3, 0.4) is 0 Å². The van der Waals surface area contributed by atoms with Crippen LogP contribution in [0.25, 0.3) is 131 Å². The van der Waals surface area contributed by atoms with E-state index in [1.165, 1.54) is 98.2 Å². The molecule has 0 fully saturated rings. The molecular weight excluding hydrogens is 1260 g/mol. The predicted molar refractivity (Wildman–Crippen MR) is 444 cm³/mol. The summed E-state index contributed by atoms with van der Waals surface area (Å²) in [6.07, 6.45) is 0. The zero-order chi connectivity index (χ0) is 69.0. The SMILES string of the molecule is CC1(C)c2ccccc2-c2cc3c(N(c4ccc(-c5ccccc5)cc4)c4ccc5cc6ccccc6cc5c4)c4cc(N(c5ccc(-c6ccccc6)cc5)c5ccc6cc7ccccc7cc6c5)ccc4c(N(c4ccc(-c5ccccc5)cc4)c4ccc5cc6ccccc6cc5c4)c3cc21. The van der Waals surface area contributed by atoms with Crippen molar-refractivity contribution in [3.8, 4) is 44.5 Å². The lowest BCUT2D eigenvalue weighted by atomic mass is 9.81. The topological polar surface area (TPSA) is 9.72 Å². The van der Waals surface area contributed by atoms with Crippen molar-refractivity contribution < 1.29 is 0 Å². The van der Waals surface area contributed by atoms with E-state index in [-0.39, 0.29) is 5.41 Å². The van der Waals surface area contributed by atoms with E-state index >= 15 is 0 Å². The average molecular weight is 1320 g/mol. The predicted octanol–water partition coefficient (Wildman–Crippen LogP) is 28.6. The molecule has 0 saturated carbocycles. The largest absolute Gasteiger partial charge is 0.310 e. The molecule has 0 amide bonds. The summed E-state index contributed by atoms with van der Waals surface area (Å²) in [4.78, 5) is 7.64. The van der Waals surface area contributed by atoms with Gasteiger partial charge in [0.05, 0.1) is 11.4 Å². The number of hydrogen-bond acceptors (Lipinski definition) is 3. The maximum absolute atomic E-state index is 2.58. The Morgan fingerprint density at radius 3 is 0.885 bits per heavy atom. The van der Waals surface area contributed by atoms with Gasteiger partial charge in [-0.2, -0.15) is 0 Å². The van der Waals surface area contributed by atoms with Gasteiger partial charge in [-0.1, -0.05) is 263 Å². The molecule has 0 atom stereocenters. The first-order valence-electron chi connectivity index (χ1n) is 36.1. The standard InChI is InChI=1S/C101H69N3/c1-101(2)97-33-19-18-32-91(97)93-64-95-96(65-98(93)101)99(103(85-45-36-70(37-46-85)67-22-8-4-9-23-67)88-50-41-79-55-73-27-13-16-30-76(73)58-82(79)61-88)92-53-52-90(102(84-43-34-69(35-44-84)66-20-6-3-7-21-66)87-49-40-78-54-72-26-12-15-29-75(72)57-81(78)60-87)63-94(92)100(95)104(86-47-38-71(39-48-86)68-24-10-5-11-25-68)89-51-42-80-56-74-28-14-17-31-77(74)59-83(80)62-89/h3-65H,1-2H3. The molecule has 0 saturated heterocycles. The third-order valence-corrected chi connectivity index (χ3v) is 22.0. The normalized spacial score (nSPS) is 12.4. The second-order valence-electron chi connectivity index (χ2n) is 28.5. The molecule has 3 heteroatoms. The monoisotopic (exact) mass is 1320 g/mol. The van der Waals surface area contributed by atoms with E-state index in [1.54, 1.807) is 0 Å². The summed E-state index contributed by atoms with van der Waals surface area (Å²) in [5, 5.41) is 18.8. The Morgan fingerprint density at radius 1 is 0.173 bits per heavy atom. The average Bonchev–Trinajstić information content (AvgIpc) is 1.35. The molecule has 0 unspecified atom stereocenters. The van der Waals surface area contributed by atoms with Gasteiger partial charge in [0.25, 0.3) is 0 Å². The Kier molecular flexibility index (Phi) is 14.3. The Hall–Kier alpha value is -13.3. The van der Waals surface area contributed by atoms with Gasteiger partial charge in [-0.15, -0.1) is 0 Å². The number of rotatable bonds is 12. The van der Waals surface area contributed by atoms with Gasteiger partial charge in [0.1, 0.15) is 0 Å². The van der Waals surface area contributed by atoms with E-state index in [2.05, 4.69) is 411 Å². The molecule has 20 rings (SSSR count). The summed E-state index contributed by atoms with van der Waals surface area (Å²) in [6, 6.07) is 143. The summed E-state index contributed by atoms with van der Waals surface area (Å²) in [7, 11) is 0. The number of nitrogens with zero attached hydrogens (tertiary/aromatic N) is 3. The first kappa shape index (κ1) is 60.6. The van der Waals surface area contributed by atoms with Crippen molar-refractivity contribution in [3.63, 3.8) is 0 Å². The lowest BCUT2D eigenvalue weighted by Gasteiger charge is -2.34. The Bertz CT molecular complexity index is 6600. The highest BCUT2D eigenvalue weighted by Gasteiger charge is 2.38. The molecule has 1 aliphatic carbocycles. The minimum absolute atomic E-state index is 0.334. The van der Waals surface area contributed by atoms with Crippen LogP contribution in [0.15, 0.2) is 382 Å². The van der Waals surface area contributed by atoms with Gasteiger partial charge in [-0.3, -0.25) is 0 Å². The fourth-order valence-electron chi connectivity index (χ4n) is 16.7. The summed E-state index contributed by atoms with van der Waals surface area (Å²) >= 11 is 0. The molecule has 488 valence electrons. The van der Waals surface area contributed by atoms with Crippen molar-refractivity contribution in [2.45, 2.75) is 19.3 Å². The van der Waals surface area contributed by atoms with Crippen LogP contribution < -0.4 is 14.7 Å². The van der Waals surface area contributed by atoms with Crippen LogP contribution in [-0.4, -0.2) is 0 Å². The van der Waals surface area contributed by atoms with Crippen molar-refractivity contribution in [3.05, 3.63) is 393 Å². The van der Waals surface area contributed by atoms with Crippen molar-refractivity contribution in [2.24, 2.45) is 0 Å². The highest BCUT2D eigenvalue weighted by atomic mass is 15.2. The first-order valence-corrected chi connectivity index (χ1v) is 36.1. The molecule has 1 aliphatic rings. The van der Waals surface area contributed by atoms with Crippen LogP contribution in [0.1, 0.15) is 25.0 Å². The molecule has 0 bridgehead atoms. The molecule has 104 heavy (non-hydrogen) atoms. The maximum Gasteiger partial charge on any atom is 0.0620 e. The van der Waals surface area contributed by atoms with Crippen LogP contribution in [0.4, 0.5) is 51.2 Å². The fourth-order valence-corrected chi connectivity index (χ4v) is 16.7. The van der Waals surface area contributed by atoms with Crippen LogP contribution in [0.2, 0.25) is 0 Å². The lowest BCUT2D eigenvalue weighted by molar-refractivity contribution is 0.661. The van der Waals surface area contributed by atoms with Crippen molar-refractivity contribution >= 4 is 137 Å². The van der Waals surface area contributed by atoms with E-state index in [4.69, 9.17) is 0 Å². The van der Waals surface area contributed by atoms with Gasteiger partial charge in [0.2, 0.25) is 0 Å². The van der Waals surface area contributed by atoms with Crippen LogP contribution in [0, 0.1) is 0 Å². The highest BCUT2D eigenvalue weighted by molar-refractivity contribution is 6.25. The summed E-state index contributed by atoms with van der Waals surface area (Å²) in [6.45, 7) is 4.83. The molecule has 0 aromatic heterocycles. The number of benzene rings is 19. The fraction of sp³-hybridized carbons (Fsp3) is 0.0297. The van der Waals surface area contributed by atoms with Crippen molar-refractivity contribution in [1.82, 2.24) is 0 Å². The molecule has 0 N–H and O–H groups in total. The van der Waals surface area contributed by atoms with Gasteiger partial charge < -0.3 is 14.7 Å². The van der Waals surface area contributed by atoms with E-state index < -0.39 is 0 Å². The van der Waals surface area contributed by atoms with Gasteiger partial charge >= 0.3 is 0 Å². The van der Waals surface area contributed by atoms with Crippen LogP contribution in [0.5, 0.6) is 0 Å². The maximum atomic E-state index is 2.58. The zero-order valence-electron chi connectivity index (χ0n) is 57.7. The Labute approximate surface area is 605 Å². The quantitative estimate of drug-likeness (QED) is 0.0892. The minimum atomic E-state index is -0.334. The summed E-state index contributed by atoms with van der Waals surface area (Å²) in [5.41, 5.74) is 21.2. The van der Waals surface area contributed by atoms with Crippen molar-refractivity contribution in [1.29, 1.82) is 0 Å². The number of hydrogen-bond donors (Lipinski definition) is 0. The molecule has 0 spiro atoms. The van der Waals surface area contributed by atoms with Crippen LogP contribution in [-0.2, 0) is 5.41 Å². The summed E-state index contributed by atoms with van der Waals surface area (Å²) < 4.78 is 0. The molecule has 19 aromatic rings. The second-order valence-corrected chi connectivity index (χ2v) is 28.5. The lowest BCUT2D eigenvalue weighted by Crippen LogP contribution is -2.17. The van der Waals surface area contributed by atoms with E-state index in [9.17, 15) is 0 Å². The molecule has 19 aromatic carbocycles. The molecule has 3 nitrogen and oxygen atoms in total. The zero-order valence-corrected chi connectivity index (χ0v) is 57.7. The highest BCUT2D eigenvalue weighted by Crippen LogP contribution is 2.58. The van der Waals surface area contributed by atoms with Gasteiger partial charge in [0.15, 0.2) is 0 Å². The third kappa shape index (κ3) is 10.3. The molecule has 0 radical (unpaired) electrons. The van der Waals surface area contributed by atoms with E-state index in [0.29, 0.717) is 0 Å². The van der Waals surface area contributed by atoms with E-state index in [1.807, 2.05) is 0 Å². The second kappa shape index (κ2) is 24.5. The van der Waals surface area contributed by atoms with Gasteiger partial charge in [-0.25, -0.2) is 0 Å². The number of fused-ring (bicyclic) bond motifs is 11. The first-order chi connectivity index (χ1) is 51.3. The van der Waals surface area contributed by atoms with Crippen molar-refractivity contribution in [2.75, 3.05) is 14.7 Å². The molecular formula is C101H69N3. The van der Waals surface area contributed by atoms with E-state index in [0.717, 1.165) is 94.8 Å². The van der Waals surface area contributed by atoms with Crippen LogP contribution >= 0.6 is 0 Å². The molecule has 0 heterocycles. The number of anilines is 9. The molecule has 0 aliphatic heterocycles. The third-order valence-electron chi connectivity index (χ3n) is 22.0. The Morgan fingerprint density at radius 2 is 0.462 bits per heavy atom. The summed E-state index contributed by atoms with van der Waals surface area (Å²) in [5.74, 6) is 0. The van der Waals surface area contributed by atoms with Gasteiger partial charge in [0, 0.05) is 66.8 Å². The Balaban J connectivity index is 0.936.